The molecule has 1 saturated heterocycles. The number of hydrogen-bond donors (Lipinski definition) is 1. The van der Waals surface area contributed by atoms with Gasteiger partial charge in [-0.05, 0) is 43.9 Å². The van der Waals surface area contributed by atoms with Gasteiger partial charge in [0.1, 0.15) is 0 Å². The first kappa shape index (κ1) is 23.0. The third kappa shape index (κ3) is 5.98. The molecule has 0 radical (unpaired) electrons. The van der Waals surface area contributed by atoms with Crippen LogP contribution in [0.25, 0.3) is 5.69 Å². The summed E-state index contributed by atoms with van der Waals surface area (Å²) in [7, 11) is 0. The van der Waals surface area contributed by atoms with Crippen LogP contribution < -0.4 is 0 Å². The van der Waals surface area contributed by atoms with Crippen molar-refractivity contribution in [3.63, 3.8) is 0 Å². The van der Waals surface area contributed by atoms with Crippen LogP contribution in [-0.2, 0) is 11.3 Å². The van der Waals surface area contributed by atoms with Crippen molar-refractivity contribution >= 4 is 5.97 Å². The summed E-state index contributed by atoms with van der Waals surface area (Å²) in [5, 5.41) is 20.4. The number of carboxylic acid groups (broad SMARTS) is 1. The number of aliphatic carboxylic acids is 1. The lowest BCUT2D eigenvalue weighted by molar-refractivity contribution is -0.192. The fourth-order valence-electron chi connectivity index (χ4n) is 3.86. The lowest BCUT2D eigenvalue weighted by atomic mass is 10.1. The van der Waals surface area contributed by atoms with Gasteiger partial charge in [0.15, 0.2) is 0 Å². The average molecular weight is 462 g/mol. The van der Waals surface area contributed by atoms with Crippen LogP contribution in [-0.4, -0.2) is 60.0 Å². The van der Waals surface area contributed by atoms with E-state index in [0.717, 1.165) is 38.2 Å². The number of halogens is 3. The minimum Gasteiger partial charge on any atom is -0.475 e. The lowest BCUT2D eigenvalue weighted by Gasteiger charge is -2.31. The Hall–Kier alpha value is -3.21. The highest BCUT2D eigenvalue weighted by molar-refractivity contribution is 5.73. The van der Waals surface area contributed by atoms with Crippen molar-refractivity contribution in [2.75, 3.05) is 13.1 Å². The summed E-state index contributed by atoms with van der Waals surface area (Å²) in [5.74, 6) is -2.07. The first-order valence-electron chi connectivity index (χ1n) is 10.8. The molecule has 176 valence electrons. The second kappa shape index (κ2) is 9.74. The zero-order valence-corrected chi connectivity index (χ0v) is 17.9. The summed E-state index contributed by atoms with van der Waals surface area (Å²) in [5.41, 5.74) is 3.56. The number of benzene rings is 1. The summed E-state index contributed by atoms with van der Waals surface area (Å²) < 4.78 is 35.9. The monoisotopic (exact) mass is 462 g/mol. The number of nitrogens with zero attached hydrogens (tertiary/aromatic N) is 6. The maximum absolute atomic E-state index is 10.6. The van der Waals surface area contributed by atoms with Gasteiger partial charge in [0, 0.05) is 37.9 Å². The maximum Gasteiger partial charge on any atom is 0.490 e. The maximum atomic E-state index is 10.6. The fraction of sp³-hybridized carbons (Fsp3) is 0.455. The van der Waals surface area contributed by atoms with Crippen LogP contribution in [0.5, 0.6) is 0 Å². The third-order valence-electron chi connectivity index (χ3n) is 5.80. The summed E-state index contributed by atoms with van der Waals surface area (Å²) in [6.45, 7) is 3.11. The Morgan fingerprint density at radius 1 is 1.06 bits per heavy atom. The smallest absolute Gasteiger partial charge is 0.475 e. The zero-order chi connectivity index (χ0) is 23.4. The number of aromatic nitrogens is 5. The van der Waals surface area contributed by atoms with Crippen LogP contribution >= 0.6 is 0 Å². The molecular weight excluding hydrogens is 437 g/mol. The lowest BCUT2D eigenvalue weighted by Crippen LogP contribution is -2.35. The topological polar surface area (TPSA) is 89.1 Å². The summed E-state index contributed by atoms with van der Waals surface area (Å²) in [6, 6.07) is 13.0. The number of carbonyl (C=O) groups is 1. The molecule has 11 heteroatoms. The van der Waals surface area contributed by atoms with E-state index in [1.54, 1.807) is 0 Å². The molecule has 1 N–H and O–H groups in total. The van der Waals surface area contributed by atoms with Gasteiger partial charge < -0.3 is 5.11 Å². The molecule has 3 aromatic rings. The highest BCUT2D eigenvalue weighted by atomic mass is 19.4. The number of hydrogen-bond acceptors (Lipinski definition) is 5. The number of alkyl halides is 3. The number of rotatable bonds is 5. The van der Waals surface area contributed by atoms with E-state index in [1.807, 2.05) is 16.9 Å². The number of para-hydroxylation sites is 1. The molecular formula is C22H25F3N6O2. The van der Waals surface area contributed by atoms with Crippen molar-refractivity contribution in [1.29, 1.82) is 0 Å². The summed E-state index contributed by atoms with van der Waals surface area (Å²) in [6.07, 6.45) is 3.82. The molecule has 0 atom stereocenters. The molecule has 33 heavy (non-hydrogen) atoms. The molecule has 0 amide bonds. The molecule has 3 heterocycles. The van der Waals surface area contributed by atoms with Crippen molar-refractivity contribution in [2.45, 2.75) is 50.4 Å². The van der Waals surface area contributed by atoms with E-state index in [4.69, 9.17) is 9.90 Å². The second-order valence-corrected chi connectivity index (χ2v) is 8.28. The number of likely N-dealkylation sites (tertiary alicyclic amines) is 1. The Labute approximate surface area is 188 Å². The Morgan fingerprint density at radius 3 is 2.33 bits per heavy atom. The largest absolute Gasteiger partial charge is 0.490 e. The van der Waals surface area contributed by atoms with Crippen molar-refractivity contribution in [3.8, 4) is 5.69 Å². The molecule has 2 aliphatic rings. The van der Waals surface area contributed by atoms with Crippen LogP contribution in [0.1, 0.15) is 49.0 Å². The van der Waals surface area contributed by atoms with Gasteiger partial charge in [-0.2, -0.15) is 18.3 Å². The van der Waals surface area contributed by atoms with Crippen molar-refractivity contribution in [3.05, 3.63) is 60.2 Å². The van der Waals surface area contributed by atoms with Gasteiger partial charge in [0.2, 0.25) is 0 Å². The predicted molar refractivity (Wildman–Crippen MR) is 113 cm³/mol. The van der Waals surface area contributed by atoms with E-state index in [2.05, 4.69) is 61.5 Å². The molecule has 8 nitrogen and oxygen atoms in total. The zero-order valence-electron chi connectivity index (χ0n) is 17.9. The molecule has 0 unspecified atom stereocenters. The van der Waals surface area contributed by atoms with E-state index in [1.165, 1.54) is 24.2 Å². The van der Waals surface area contributed by atoms with Gasteiger partial charge in [-0.1, -0.05) is 23.4 Å². The summed E-state index contributed by atoms with van der Waals surface area (Å²) >= 11 is 0. The van der Waals surface area contributed by atoms with Crippen LogP contribution in [0, 0.1) is 0 Å². The highest BCUT2D eigenvalue weighted by Gasteiger charge is 2.38. The Morgan fingerprint density at radius 2 is 1.73 bits per heavy atom. The predicted octanol–water partition coefficient (Wildman–Crippen LogP) is 3.81. The summed E-state index contributed by atoms with van der Waals surface area (Å²) in [4.78, 5) is 11.4. The van der Waals surface area contributed by atoms with Crippen molar-refractivity contribution < 1.29 is 23.1 Å². The van der Waals surface area contributed by atoms with Gasteiger partial charge >= 0.3 is 12.1 Å². The molecule has 1 aromatic carbocycles. The standard InChI is InChI=1S/C20H24N6.C2HF3O2/c1-2-4-18(5-3-1)26-19(8-11-21-26)14-24-12-9-17(10-13-24)25-15-20(22-23-25)16-6-7-16;3-2(4,5)1(6)7/h1-5,8,11,15-17H,6-7,9-10,12-14H2;(H,6,7). The van der Waals surface area contributed by atoms with E-state index < -0.39 is 12.1 Å². The third-order valence-corrected chi connectivity index (χ3v) is 5.80. The van der Waals surface area contributed by atoms with E-state index in [-0.39, 0.29) is 0 Å². The van der Waals surface area contributed by atoms with Gasteiger partial charge in [-0.25, -0.2) is 14.2 Å². The molecule has 5 rings (SSSR count). The molecule has 2 fully saturated rings. The average Bonchev–Trinajstić information content (AvgIpc) is 3.35. The Bertz CT molecular complexity index is 1050. The minimum absolute atomic E-state index is 0.491. The first-order valence-corrected chi connectivity index (χ1v) is 10.8. The molecule has 1 saturated carbocycles. The highest BCUT2D eigenvalue weighted by Crippen LogP contribution is 2.39. The van der Waals surface area contributed by atoms with Crippen LogP contribution in [0.4, 0.5) is 13.2 Å². The molecule has 0 bridgehead atoms. The normalized spacial score (nSPS) is 17.4. The van der Waals surface area contributed by atoms with Crippen LogP contribution in [0.2, 0.25) is 0 Å². The SMILES string of the molecule is O=C(O)C(F)(F)F.c1ccc(-n2nccc2CN2CCC(n3cc(C4CC4)nn3)CC2)cc1. The number of carboxylic acids is 1. The van der Waals surface area contributed by atoms with Crippen molar-refractivity contribution in [1.82, 2.24) is 29.7 Å². The van der Waals surface area contributed by atoms with Crippen LogP contribution in [0.15, 0.2) is 48.8 Å². The first-order chi connectivity index (χ1) is 15.8. The van der Waals surface area contributed by atoms with Gasteiger partial charge in [-0.3, -0.25) is 4.90 Å². The van der Waals surface area contributed by atoms with E-state index in [0.29, 0.717) is 12.0 Å². The molecule has 1 aliphatic heterocycles. The van der Waals surface area contributed by atoms with Crippen molar-refractivity contribution in [2.24, 2.45) is 0 Å². The van der Waals surface area contributed by atoms with Crippen LogP contribution in [0.3, 0.4) is 0 Å². The van der Waals surface area contributed by atoms with E-state index in [9.17, 15) is 13.2 Å². The van der Waals surface area contributed by atoms with Gasteiger partial charge in [0.25, 0.3) is 0 Å². The van der Waals surface area contributed by atoms with E-state index >= 15 is 0 Å². The number of piperidine rings is 1. The second-order valence-electron chi connectivity index (χ2n) is 8.28. The molecule has 2 aromatic heterocycles. The Balaban J connectivity index is 0.000000325. The van der Waals surface area contributed by atoms with Gasteiger partial charge in [-0.15, -0.1) is 5.10 Å². The minimum atomic E-state index is -5.08. The molecule has 1 aliphatic carbocycles. The Kier molecular flexibility index (Phi) is 6.77. The molecule has 0 spiro atoms. The fourth-order valence-corrected chi connectivity index (χ4v) is 3.86. The van der Waals surface area contributed by atoms with Gasteiger partial charge in [0.05, 0.1) is 23.1 Å². The quantitative estimate of drug-likeness (QED) is 0.620.